The fraction of sp³-hybridized carbons (Fsp3) is 0.667. The van der Waals surface area contributed by atoms with Gasteiger partial charge in [-0.15, -0.1) is 12.3 Å². The lowest BCUT2D eigenvalue weighted by molar-refractivity contribution is -0.122. The first-order chi connectivity index (χ1) is 5.22. The number of hydrogen-bond acceptors (Lipinski definition) is 2. The van der Waals surface area contributed by atoms with Crippen molar-refractivity contribution < 1.29 is 4.79 Å². The number of hydrogen-bond donors (Lipinski definition) is 1. The second kappa shape index (κ2) is 5.94. The summed E-state index contributed by atoms with van der Waals surface area (Å²) in [6, 6.07) is 0. The largest absolute Gasteiger partial charge is 0.330 e. The van der Waals surface area contributed by atoms with E-state index >= 15 is 0 Å². The van der Waals surface area contributed by atoms with Crippen LogP contribution in [0.15, 0.2) is 0 Å². The summed E-state index contributed by atoms with van der Waals surface area (Å²) in [7, 11) is 0. The number of rotatable bonds is 5. The molecule has 0 saturated carbocycles. The van der Waals surface area contributed by atoms with Gasteiger partial charge in [-0.2, -0.15) is 0 Å². The fourth-order valence-electron chi connectivity index (χ4n) is 0.743. The van der Waals surface area contributed by atoms with Crippen molar-refractivity contribution in [2.24, 2.45) is 11.7 Å². The number of carbonyl (C=O) groups is 1. The molecule has 0 amide bonds. The van der Waals surface area contributed by atoms with Crippen molar-refractivity contribution in [2.75, 3.05) is 6.54 Å². The molecule has 0 aliphatic carbocycles. The normalized spacial score (nSPS) is 12.1. The van der Waals surface area contributed by atoms with E-state index < -0.39 is 0 Å². The quantitative estimate of drug-likeness (QED) is 0.472. The first-order valence-electron chi connectivity index (χ1n) is 3.88. The van der Waals surface area contributed by atoms with Gasteiger partial charge in [0, 0.05) is 25.3 Å². The third kappa shape index (κ3) is 4.58. The Kier molecular flexibility index (Phi) is 5.50. The van der Waals surface area contributed by atoms with Gasteiger partial charge >= 0.3 is 0 Å². The van der Waals surface area contributed by atoms with Gasteiger partial charge < -0.3 is 5.73 Å². The minimum absolute atomic E-state index is 0.00669. The van der Waals surface area contributed by atoms with Crippen molar-refractivity contribution >= 4 is 5.78 Å². The van der Waals surface area contributed by atoms with E-state index in [0.29, 0.717) is 19.4 Å². The molecule has 62 valence electrons. The van der Waals surface area contributed by atoms with Crippen LogP contribution in [0.1, 0.15) is 26.2 Å². The Bertz CT molecular complexity index is 157. The number of carbonyl (C=O) groups excluding carboxylic acids is 1. The zero-order valence-electron chi connectivity index (χ0n) is 6.97. The van der Waals surface area contributed by atoms with E-state index in [2.05, 4.69) is 5.92 Å². The SMILES string of the molecule is C#CCCCC(=O)C(C)CN. The van der Waals surface area contributed by atoms with E-state index in [9.17, 15) is 4.79 Å². The highest BCUT2D eigenvalue weighted by atomic mass is 16.1. The molecule has 2 N–H and O–H groups in total. The number of unbranched alkanes of at least 4 members (excludes halogenated alkanes) is 1. The molecule has 0 aliphatic heterocycles. The van der Waals surface area contributed by atoms with Crippen LogP contribution in [0.25, 0.3) is 0 Å². The molecule has 11 heavy (non-hydrogen) atoms. The topological polar surface area (TPSA) is 43.1 Å². The zero-order chi connectivity index (χ0) is 8.69. The molecule has 0 aliphatic rings. The van der Waals surface area contributed by atoms with E-state index in [1.807, 2.05) is 6.92 Å². The van der Waals surface area contributed by atoms with Crippen molar-refractivity contribution in [3.8, 4) is 12.3 Å². The van der Waals surface area contributed by atoms with Crippen LogP contribution < -0.4 is 5.73 Å². The molecule has 0 aromatic heterocycles. The van der Waals surface area contributed by atoms with Gasteiger partial charge in [-0.1, -0.05) is 6.92 Å². The number of terminal acetylenes is 1. The molecule has 0 rings (SSSR count). The average Bonchev–Trinajstić information content (AvgIpc) is 2.03. The van der Waals surface area contributed by atoms with Crippen LogP contribution in [0.4, 0.5) is 0 Å². The average molecular weight is 153 g/mol. The van der Waals surface area contributed by atoms with Crippen molar-refractivity contribution in [2.45, 2.75) is 26.2 Å². The van der Waals surface area contributed by atoms with E-state index in [0.717, 1.165) is 6.42 Å². The lowest BCUT2D eigenvalue weighted by Gasteiger charge is -2.04. The second-order valence-electron chi connectivity index (χ2n) is 2.66. The highest BCUT2D eigenvalue weighted by molar-refractivity contribution is 5.80. The summed E-state index contributed by atoms with van der Waals surface area (Å²) in [6.07, 6.45) is 7.08. The minimum Gasteiger partial charge on any atom is -0.330 e. The summed E-state index contributed by atoms with van der Waals surface area (Å²) in [5.74, 6) is 2.71. The number of nitrogens with two attached hydrogens (primary N) is 1. The van der Waals surface area contributed by atoms with Crippen molar-refractivity contribution in [3.63, 3.8) is 0 Å². The van der Waals surface area contributed by atoms with Crippen LogP contribution in [0.2, 0.25) is 0 Å². The predicted molar refractivity (Wildman–Crippen MR) is 45.9 cm³/mol. The lowest BCUT2D eigenvalue weighted by atomic mass is 10.0. The summed E-state index contributed by atoms with van der Waals surface area (Å²) in [5.41, 5.74) is 5.32. The summed E-state index contributed by atoms with van der Waals surface area (Å²) in [6.45, 7) is 2.28. The smallest absolute Gasteiger partial charge is 0.136 e. The van der Waals surface area contributed by atoms with Gasteiger partial charge in [0.05, 0.1) is 0 Å². The van der Waals surface area contributed by atoms with E-state index in [4.69, 9.17) is 12.2 Å². The molecular formula is C9H15NO. The van der Waals surface area contributed by atoms with Gasteiger partial charge in [-0.05, 0) is 6.42 Å². The summed E-state index contributed by atoms with van der Waals surface area (Å²) >= 11 is 0. The zero-order valence-corrected chi connectivity index (χ0v) is 6.97. The third-order valence-corrected chi connectivity index (χ3v) is 1.65. The van der Waals surface area contributed by atoms with Crippen molar-refractivity contribution in [3.05, 3.63) is 0 Å². The van der Waals surface area contributed by atoms with Crippen LogP contribution in [-0.2, 0) is 4.79 Å². The highest BCUT2D eigenvalue weighted by Crippen LogP contribution is 2.02. The first kappa shape index (κ1) is 10.2. The maximum absolute atomic E-state index is 11.1. The third-order valence-electron chi connectivity index (χ3n) is 1.65. The molecule has 0 aromatic rings. The monoisotopic (exact) mass is 153 g/mol. The Morgan fingerprint density at radius 3 is 2.82 bits per heavy atom. The van der Waals surface area contributed by atoms with Crippen molar-refractivity contribution in [1.29, 1.82) is 0 Å². The Hall–Kier alpha value is -0.810. The molecule has 0 radical (unpaired) electrons. The summed E-state index contributed by atoms with van der Waals surface area (Å²) < 4.78 is 0. The minimum atomic E-state index is -0.00669. The maximum Gasteiger partial charge on any atom is 0.136 e. The highest BCUT2D eigenvalue weighted by Gasteiger charge is 2.08. The van der Waals surface area contributed by atoms with E-state index in [-0.39, 0.29) is 11.7 Å². The van der Waals surface area contributed by atoms with Gasteiger partial charge in [-0.3, -0.25) is 4.79 Å². The summed E-state index contributed by atoms with van der Waals surface area (Å²) in [4.78, 5) is 11.1. The molecule has 0 heterocycles. The second-order valence-corrected chi connectivity index (χ2v) is 2.66. The molecular weight excluding hydrogens is 138 g/mol. The van der Waals surface area contributed by atoms with Gasteiger partial charge in [0.25, 0.3) is 0 Å². The van der Waals surface area contributed by atoms with Gasteiger partial charge in [0.2, 0.25) is 0 Å². The molecule has 0 bridgehead atoms. The van der Waals surface area contributed by atoms with Crippen LogP contribution in [-0.4, -0.2) is 12.3 Å². The van der Waals surface area contributed by atoms with E-state index in [1.165, 1.54) is 0 Å². The Labute approximate surface area is 68.2 Å². The van der Waals surface area contributed by atoms with E-state index in [1.54, 1.807) is 0 Å². The molecule has 0 fully saturated rings. The first-order valence-corrected chi connectivity index (χ1v) is 3.88. The molecule has 1 atom stereocenters. The molecule has 2 heteroatoms. The molecule has 2 nitrogen and oxygen atoms in total. The Morgan fingerprint density at radius 2 is 2.36 bits per heavy atom. The Morgan fingerprint density at radius 1 is 1.73 bits per heavy atom. The Balaban J connectivity index is 3.46. The number of ketones is 1. The van der Waals surface area contributed by atoms with Crippen LogP contribution >= 0.6 is 0 Å². The number of Topliss-reactive ketones (excluding diaryl/α,β-unsaturated/α-hetero) is 1. The van der Waals surface area contributed by atoms with Crippen LogP contribution in [0.5, 0.6) is 0 Å². The van der Waals surface area contributed by atoms with Crippen LogP contribution in [0.3, 0.4) is 0 Å². The summed E-state index contributed by atoms with van der Waals surface area (Å²) in [5, 5.41) is 0. The fourth-order valence-corrected chi connectivity index (χ4v) is 0.743. The maximum atomic E-state index is 11.1. The van der Waals surface area contributed by atoms with Crippen molar-refractivity contribution in [1.82, 2.24) is 0 Å². The molecule has 1 unspecified atom stereocenters. The van der Waals surface area contributed by atoms with Gasteiger partial charge in [0.1, 0.15) is 5.78 Å². The predicted octanol–water partition coefficient (Wildman–Crippen LogP) is 0.954. The molecule has 0 spiro atoms. The van der Waals surface area contributed by atoms with Gasteiger partial charge in [-0.25, -0.2) is 0 Å². The molecule has 0 aromatic carbocycles. The van der Waals surface area contributed by atoms with Gasteiger partial charge in [0.15, 0.2) is 0 Å². The molecule has 0 saturated heterocycles. The lowest BCUT2D eigenvalue weighted by Crippen LogP contribution is -2.20. The van der Waals surface area contributed by atoms with Crippen LogP contribution in [0, 0.1) is 18.3 Å². The standard InChI is InChI=1S/C9H15NO/c1-3-4-5-6-9(11)8(2)7-10/h1,8H,4-7,10H2,2H3.